The minimum Gasteiger partial charge on any atom is -0.456 e. The minimum atomic E-state index is -1.04. The summed E-state index contributed by atoms with van der Waals surface area (Å²) >= 11 is 0. The van der Waals surface area contributed by atoms with Gasteiger partial charge in [0.05, 0.1) is 6.61 Å². The molecule has 114 valence electrons. The summed E-state index contributed by atoms with van der Waals surface area (Å²) < 4.78 is 17.0. The molecule has 0 amide bonds. The zero-order chi connectivity index (χ0) is 15.4. The third kappa shape index (κ3) is 3.37. The second kappa shape index (κ2) is 6.35. The van der Waals surface area contributed by atoms with Crippen molar-refractivity contribution < 1.29 is 29.0 Å². The normalized spacial score (nSPS) is 27.3. The van der Waals surface area contributed by atoms with E-state index < -0.39 is 30.4 Å². The van der Waals surface area contributed by atoms with E-state index in [2.05, 4.69) is 10.3 Å². The van der Waals surface area contributed by atoms with Crippen LogP contribution in [0.4, 0.5) is 0 Å². The number of hydrogen-bond acceptors (Lipinski definition) is 8. The monoisotopic (exact) mass is 297 g/mol. The first-order valence-electron chi connectivity index (χ1n) is 6.20. The lowest BCUT2D eigenvalue weighted by Gasteiger charge is -2.35. The molecule has 0 aliphatic carbocycles. The minimum absolute atomic E-state index is 0.00796. The van der Waals surface area contributed by atoms with E-state index in [4.69, 9.17) is 14.2 Å². The number of carbonyl (C=O) groups excluding carboxylic acids is 2. The molecule has 0 bridgehead atoms. The van der Waals surface area contributed by atoms with E-state index in [0.29, 0.717) is 0 Å². The van der Waals surface area contributed by atoms with Crippen LogP contribution >= 0.6 is 0 Å². The maximum atomic E-state index is 11.2. The van der Waals surface area contributed by atoms with Gasteiger partial charge in [0.25, 0.3) is 0 Å². The van der Waals surface area contributed by atoms with E-state index >= 15 is 0 Å². The van der Waals surface area contributed by atoms with Crippen LogP contribution in [0.3, 0.4) is 0 Å². The molecular weight excluding hydrogens is 282 g/mol. The summed E-state index contributed by atoms with van der Waals surface area (Å²) in [6.07, 6.45) is 0.356. The molecule has 9 heteroatoms. The van der Waals surface area contributed by atoms with Gasteiger partial charge in [0, 0.05) is 26.2 Å². The van der Waals surface area contributed by atoms with Gasteiger partial charge in [-0.25, -0.2) is 4.68 Å². The van der Waals surface area contributed by atoms with Crippen LogP contribution in [0.5, 0.6) is 0 Å². The first kappa shape index (κ1) is 15.0. The van der Waals surface area contributed by atoms with Crippen LogP contribution in [-0.2, 0) is 23.8 Å². The van der Waals surface area contributed by atoms with Gasteiger partial charge in [-0.05, 0) is 6.07 Å². The van der Waals surface area contributed by atoms with Crippen LogP contribution in [-0.4, -0.2) is 51.5 Å². The van der Waals surface area contributed by atoms with E-state index in [-0.39, 0.29) is 12.3 Å². The van der Waals surface area contributed by atoms with Crippen molar-refractivity contribution in [2.24, 2.45) is 5.16 Å². The van der Waals surface area contributed by atoms with Crippen molar-refractivity contribution in [2.75, 3.05) is 6.61 Å². The largest absolute Gasteiger partial charge is 0.456 e. The molecule has 0 radical (unpaired) electrons. The molecule has 1 fully saturated rings. The summed E-state index contributed by atoms with van der Waals surface area (Å²) in [7, 11) is 0. The molecule has 1 aromatic rings. The zero-order valence-electron chi connectivity index (χ0n) is 11.5. The molecule has 2 heterocycles. The number of rotatable bonds is 3. The second-order valence-corrected chi connectivity index (χ2v) is 4.37. The van der Waals surface area contributed by atoms with Crippen molar-refractivity contribution in [1.29, 1.82) is 0 Å². The van der Waals surface area contributed by atoms with Crippen LogP contribution in [0.2, 0.25) is 0 Å². The Balaban J connectivity index is 2.28. The predicted octanol–water partition coefficient (Wildman–Crippen LogP) is 0.105. The molecule has 21 heavy (non-hydrogen) atoms. The first-order chi connectivity index (χ1) is 10.0. The van der Waals surface area contributed by atoms with Gasteiger partial charge in [-0.1, -0.05) is 5.16 Å². The molecule has 0 saturated carbocycles. The number of oxime groups is 1. The van der Waals surface area contributed by atoms with E-state index in [1.165, 1.54) is 24.7 Å². The Kier molecular flexibility index (Phi) is 4.53. The third-order valence-electron chi connectivity index (χ3n) is 2.79. The van der Waals surface area contributed by atoms with Crippen LogP contribution in [0.25, 0.3) is 0 Å². The maximum Gasteiger partial charge on any atom is 0.303 e. The number of carbonyl (C=O) groups is 2. The second-order valence-electron chi connectivity index (χ2n) is 4.37. The zero-order valence-corrected chi connectivity index (χ0v) is 11.5. The lowest BCUT2D eigenvalue weighted by Crippen LogP contribution is -2.51. The average molecular weight is 297 g/mol. The summed E-state index contributed by atoms with van der Waals surface area (Å²) in [5.74, 6) is -1.16. The van der Waals surface area contributed by atoms with Gasteiger partial charge in [-0.2, -0.15) is 5.10 Å². The Morgan fingerprint density at radius 1 is 1.43 bits per heavy atom. The molecular formula is C12H15N3O6. The van der Waals surface area contributed by atoms with Gasteiger partial charge in [-0.3, -0.25) is 9.59 Å². The number of hydrogen-bond donors (Lipinski definition) is 1. The van der Waals surface area contributed by atoms with E-state index in [1.54, 1.807) is 12.3 Å². The topological polar surface area (TPSA) is 112 Å². The van der Waals surface area contributed by atoms with Crippen molar-refractivity contribution in [3.63, 3.8) is 0 Å². The Hall–Kier alpha value is -2.42. The Morgan fingerprint density at radius 2 is 2.14 bits per heavy atom. The lowest BCUT2D eigenvalue weighted by molar-refractivity contribution is -0.172. The molecule has 0 aromatic carbocycles. The summed E-state index contributed by atoms with van der Waals surface area (Å²) in [4.78, 5) is 22.3. The Labute approximate surface area is 120 Å². The highest BCUT2D eigenvalue weighted by atomic mass is 16.6. The first-order valence-corrected chi connectivity index (χ1v) is 6.20. The van der Waals surface area contributed by atoms with E-state index in [9.17, 15) is 14.8 Å². The molecule has 1 aliphatic heterocycles. The standard InChI is InChI=1S/C12H15N3O6/c1-7(16)20-9-6-19-12(15-5-3-4-13-15)10(14-18)11(9)21-8(2)17/h3-5,9,11-12,18H,6H2,1-2H3/b14-10-/t9-,11+,12-/m1/s1. The average Bonchev–Trinajstić information content (AvgIpc) is 2.93. The smallest absolute Gasteiger partial charge is 0.303 e. The van der Waals surface area contributed by atoms with Crippen molar-refractivity contribution in [3.05, 3.63) is 18.5 Å². The molecule has 9 nitrogen and oxygen atoms in total. The molecule has 2 rings (SSSR count). The predicted molar refractivity (Wildman–Crippen MR) is 67.5 cm³/mol. The van der Waals surface area contributed by atoms with Crippen LogP contribution in [0, 0.1) is 0 Å². The number of aromatic nitrogens is 2. The Morgan fingerprint density at radius 3 is 2.67 bits per heavy atom. The lowest BCUT2D eigenvalue weighted by atomic mass is 10.0. The molecule has 1 N–H and O–H groups in total. The van der Waals surface area contributed by atoms with Crippen molar-refractivity contribution >= 4 is 17.7 Å². The number of nitrogens with zero attached hydrogens (tertiary/aromatic N) is 3. The number of esters is 2. The maximum absolute atomic E-state index is 11.2. The molecule has 0 spiro atoms. The third-order valence-corrected chi connectivity index (χ3v) is 2.79. The van der Waals surface area contributed by atoms with Crippen LogP contribution in [0.15, 0.2) is 23.6 Å². The molecule has 0 unspecified atom stereocenters. The van der Waals surface area contributed by atoms with E-state index in [0.717, 1.165) is 0 Å². The van der Waals surface area contributed by atoms with Gasteiger partial charge in [-0.15, -0.1) is 0 Å². The highest BCUT2D eigenvalue weighted by Crippen LogP contribution is 2.24. The molecule has 1 saturated heterocycles. The number of ether oxygens (including phenoxy) is 3. The molecule has 3 atom stereocenters. The van der Waals surface area contributed by atoms with Crippen molar-refractivity contribution in [3.8, 4) is 0 Å². The SMILES string of the molecule is CC(=O)O[C@@H]1/C(=N/O)[C@H](n2cccn2)OC[C@H]1OC(C)=O. The van der Waals surface area contributed by atoms with Gasteiger partial charge >= 0.3 is 11.9 Å². The van der Waals surface area contributed by atoms with Crippen molar-refractivity contribution in [1.82, 2.24) is 9.78 Å². The summed E-state index contributed by atoms with van der Waals surface area (Å²) in [6.45, 7) is 2.40. The van der Waals surface area contributed by atoms with Gasteiger partial charge in [0.1, 0.15) is 0 Å². The fourth-order valence-corrected chi connectivity index (χ4v) is 2.05. The fourth-order valence-electron chi connectivity index (χ4n) is 2.05. The highest BCUT2D eigenvalue weighted by Gasteiger charge is 2.43. The summed E-state index contributed by atoms with van der Waals surface area (Å²) in [5.41, 5.74) is -0.00796. The Bertz CT molecular complexity index is 541. The molecule has 1 aromatic heterocycles. The van der Waals surface area contributed by atoms with Crippen LogP contribution in [0.1, 0.15) is 20.1 Å². The summed E-state index contributed by atoms with van der Waals surface area (Å²) in [6, 6.07) is 1.66. The van der Waals surface area contributed by atoms with Crippen LogP contribution < -0.4 is 0 Å². The highest BCUT2D eigenvalue weighted by molar-refractivity contribution is 5.93. The quantitative estimate of drug-likeness (QED) is 0.478. The molecule has 1 aliphatic rings. The van der Waals surface area contributed by atoms with Gasteiger partial charge < -0.3 is 19.4 Å². The van der Waals surface area contributed by atoms with Gasteiger partial charge in [0.2, 0.25) is 0 Å². The summed E-state index contributed by atoms with van der Waals surface area (Å²) in [5, 5.41) is 16.4. The van der Waals surface area contributed by atoms with Gasteiger partial charge in [0.15, 0.2) is 24.1 Å². The fraction of sp³-hybridized carbons (Fsp3) is 0.500. The van der Waals surface area contributed by atoms with Crippen molar-refractivity contribution in [2.45, 2.75) is 32.3 Å². The van der Waals surface area contributed by atoms with E-state index in [1.807, 2.05) is 0 Å².